The van der Waals surface area contributed by atoms with E-state index in [1.807, 2.05) is 0 Å². The summed E-state index contributed by atoms with van der Waals surface area (Å²) in [5.41, 5.74) is 7.43. The summed E-state index contributed by atoms with van der Waals surface area (Å²) >= 11 is 0. The number of aromatic nitrogens is 1. The predicted molar refractivity (Wildman–Crippen MR) is 85.4 cm³/mol. The summed E-state index contributed by atoms with van der Waals surface area (Å²) in [7, 11) is 0. The van der Waals surface area contributed by atoms with Crippen LogP contribution in [0.3, 0.4) is 0 Å². The number of benzene rings is 1. The van der Waals surface area contributed by atoms with E-state index in [-0.39, 0.29) is 23.7 Å². The van der Waals surface area contributed by atoms with Gasteiger partial charge in [-0.05, 0) is 12.5 Å². The molecule has 0 aliphatic carbocycles. The summed E-state index contributed by atoms with van der Waals surface area (Å²) in [6.45, 7) is 1.73. The van der Waals surface area contributed by atoms with Crippen molar-refractivity contribution in [1.29, 1.82) is 0 Å². The van der Waals surface area contributed by atoms with E-state index in [4.69, 9.17) is 10.5 Å². The van der Waals surface area contributed by atoms with Crippen molar-refractivity contribution < 1.29 is 13.9 Å². The third-order valence-electron chi connectivity index (χ3n) is 4.22. The van der Waals surface area contributed by atoms with Crippen LogP contribution < -0.4 is 11.1 Å². The molecule has 1 aliphatic rings. The quantitative estimate of drug-likeness (QED) is 0.788. The van der Waals surface area contributed by atoms with Crippen molar-refractivity contribution in [2.75, 3.05) is 19.8 Å². The first-order chi connectivity index (χ1) is 11.2. The number of hydrogen-bond donors (Lipinski definition) is 3. The molecule has 23 heavy (non-hydrogen) atoms. The van der Waals surface area contributed by atoms with Crippen LogP contribution in [0, 0.1) is 11.7 Å². The topological polar surface area (TPSA) is 80.1 Å². The molecule has 0 saturated carbocycles. The fourth-order valence-corrected chi connectivity index (χ4v) is 2.82. The van der Waals surface area contributed by atoms with Gasteiger partial charge in [0.15, 0.2) is 0 Å². The van der Waals surface area contributed by atoms with Crippen molar-refractivity contribution in [2.45, 2.75) is 12.5 Å². The number of amides is 1. The lowest BCUT2D eigenvalue weighted by molar-refractivity contribution is 0.0947. The van der Waals surface area contributed by atoms with Crippen molar-refractivity contribution in [1.82, 2.24) is 10.3 Å². The fourth-order valence-electron chi connectivity index (χ4n) is 2.82. The van der Waals surface area contributed by atoms with Crippen LogP contribution in [0.1, 0.15) is 16.8 Å². The standard InChI is InChI=1S/C17H20FN3O2/c18-15-4-2-1-3-12(15)13-7-20-8-14(13)17(22)21-9-16(19)11-5-6-23-10-11/h1-4,7-8,11,16,20H,5-6,9-10,19H2,(H,21,22). The van der Waals surface area contributed by atoms with E-state index in [2.05, 4.69) is 10.3 Å². The van der Waals surface area contributed by atoms with Crippen molar-refractivity contribution >= 4 is 5.91 Å². The normalized spacial score (nSPS) is 18.8. The lowest BCUT2D eigenvalue weighted by atomic mass is 9.99. The molecule has 1 amide bonds. The molecule has 4 N–H and O–H groups in total. The molecular formula is C17H20FN3O2. The van der Waals surface area contributed by atoms with Crippen LogP contribution in [-0.2, 0) is 4.74 Å². The number of rotatable bonds is 5. The maximum absolute atomic E-state index is 13.9. The molecule has 5 nitrogen and oxygen atoms in total. The highest BCUT2D eigenvalue weighted by Gasteiger charge is 2.24. The zero-order chi connectivity index (χ0) is 16.2. The van der Waals surface area contributed by atoms with E-state index in [9.17, 15) is 9.18 Å². The third-order valence-corrected chi connectivity index (χ3v) is 4.22. The smallest absolute Gasteiger partial charge is 0.253 e. The number of carbonyl (C=O) groups is 1. The van der Waals surface area contributed by atoms with Crippen LogP contribution in [0.5, 0.6) is 0 Å². The summed E-state index contributed by atoms with van der Waals surface area (Å²) in [6, 6.07) is 6.24. The number of nitrogens with two attached hydrogens (primary N) is 1. The highest BCUT2D eigenvalue weighted by Crippen LogP contribution is 2.26. The summed E-state index contributed by atoms with van der Waals surface area (Å²) in [6.07, 6.45) is 4.11. The van der Waals surface area contributed by atoms with Crippen molar-refractivity contribution in [2.24, 2.45) is 11.7 Å². The Kier molecular flexibility index (Phi) is 4.73. The first-order valence-electron chi connectivity index (χ1n) is 7.70. The van der Waals surface area contributed by atoms with Crippen LogP contribution >= 0.6 is 0 Å². The number of nitrogens with one attached hydrogen (secondary N) is 2. The molecule has 1 aliphatic heterocycles. The van der Waals surface area contributed by atoms with E-state index in [1.165, 1.54) is 6.07 Å². The number of halogens is 1. The molecule has 1 aromatic carbocycles. The van der Waals surface area contributed by atoms with Crippen molar-refractivity contribution in [3.63, 3.8) is 0 Å². The Morgan fingerprint density at radius 3 is 2.96 bits per heavy atom. The minimum Gasteiger partial charge on any atom is -0.381 e. The summed E-state index contributed by atoms with van der Waals surface area (Å²) in [5, 5.41) is 2.83. The molecule has 2 atom stereocenters. The van der Waals surface area contributed by atoms with Gasteiger partial charge < -0.3 is 20.8 Å². The Morgan fingerprint density at radius 2 is 2.22 bits per heavy atom. The number of H-pyrrole nitrogens is 1. The minimum absolute atomic E-state index is 0.141. The van der Waals surface area contributed by atoms with E-state index in [0.29, 0.717) is 29.8 Å². The average Bonchev–Trinajstić information content (AvgIpc) is 3.24. The third kappa shape index (κ3) is 3.43. The summed E-state index contributed by atoms with van der Waals surface area (Å²) in [5.74, 6) is -0.354. The lowest BCUT2D eigenvalue weighted by Crippen LogP contribution is -2.42. The molecule has 0 radical (unpaired) electrons. The molecule has 2 unspecified atom stereocenters. The van der Waals surface area contributed by atoms with Gasteiger partial charge in [-0.1, -0.05) is 18.2 Å². The van der Waals surface area contributed by atoms with Gasteiger partial charge in [-0.2, -0.15) is 0 Å². The number of hydrogen-bond acceptors (Lipinski definition) is 3. The second kappa shape index (κ2) is 6.93. The van der Waals surface area contributed by atoms with Gasteiger partial charge in [0, 0.05) is 48.6 Å². The van der Waals surface area contributed by atoms with Gasteiger partial charge in [-0.3, -0.25) is 4.79 Å². The Hall–Kier alpha value is -2.18. The van der Waals surface area contributed by atoms with Gasteiger partial charge >= 0.3 is 0 Å². The first kappa shape index (κ1) is 15.7. The van der Waals surface area contributed by atoms with Crippen LogP contribution in [-0.4, -0.2) is 36.7 Å². The molecule has 1 saturated heterocycles. The zero-order valence-corrected chi connectivity index (χ0v) is 12.7. The van der Waals surface area contributed by atoms with Crippen LogP contribution in [0.2, 0.25) is 0 Å². The Balaban J connectivity index is 1.69. The highest BCUT2D eigenvalue weighted by molar-refractivity contribution is 6.00. The maximum Gasteiger partial charge on any atom is 0.253 e. The second-order valence-electron chi connectivity index (χ2n) is 5.76. The van der Waals surface area contributed by atoms with E-state index in [0.717, 1.165) is 13.0 Å². The van der Waals surface area contributed by atoms with Gasteiger partial charge in [-0.15, -0.1) is 0 Å². The zero-order valence-electron chi connectivity index (χ0n) is 12.7. The van der Waals surface area contributed by atoms with Gasteiger partial charge in [0.2, 0.25) is 0 Å². The average molecular weight is 317 g/mol. The molecule has 122 valence electrons. The number of aromatic amines is 1. The van der Waals surface area contributed by atoms with E-state index < -0.39 is 0 Å². The summed E-state index contributed by atoms with van der Waals surface area (Å²) < 4.78 is 19.2. The van der Waals surface area contributed by atoms with E-state index >= 15 is 0 Å². The Bertz CT molecular complexity index is 680. The fraction of sp³-hybridized carbons (Fsp3) is 0.353. The molecule has 6 heteroatoms. The van der Waals surface area contributed by atoms with Crippen molar-refractivity contribution in [3.05, 3.63) is 48.0 Å². The van der Waals surface area contributed by atoms with Crippen molar-refractivity contribution in [3.8, 4) is 11.1 Å². The van der Waals surface area contributed by atoms with Gasteiger partial charge in [-0.25, -0.2) is 4.39 Å². The molecule has 0 spiro atoms. The Morgan fingerprint density at radius 1 is 1.39 bits per heavy atom. The molecule has 3 rings (SSSR count). The largest absolute Gasteiger partial charge is 0.381 e. The van der Waals surface area contributed by atoms with Crippen LogP contribution in [0.15, 0.2) is 36.7 Å². The molecular weight excluding hydrogens is 297 g/mol. The maximum atomic E-state index is 13.9. The second-order valence-corrected chi connectivity index (χ2v) is 5.76. The lowest BCUT2D eigenvalue weighted by Gasteiger charge is -2.18. The van der Waals surface area contributed by atoms with Gasteiger partial charge in [0.25, 0.3) is 5.91 Å². The molecule has 2 heterocycles. The molecule has 1 fully saturated rings. The number of ether oxygens (including phenoxy) is 1. The van der Waals surface area contributed by atoms with E-state index in [1.54, 1.807) is 30.6 Å². The monoisotopic (exact) mass is 317 g/mol. The molecule has 0 bridgehead atoms. The van der Waals surface area contributed by atoms with Gasteiger partial charge in [0.1, 0.15) is 5.82 Å². The minimum atomic E-state index is -0.360. The molecule has 1 aromatic heterocycles. The van der Waals surface area contributed by atoms with Gasteiger partial charge in [0.05, 0.1) is 12.2 Å². The number of carbonyl (C=O) groups excluding carboxylic acids is 1. The highest BCUT2D eigenvalue weighted by atomic mass is 19.1. The SMILES string of the molecule is NC(CNC(=O)c1c[nH]cc1-c1ccccc1F)C1CCOC1. The van der Waals surface area contributed by atoms with Crippen LogP contribution in [0.25, 0.3) is 11.1 Å². The molecule has 2 aromatic rings. The van der Waals surface area contributed by atoms with Crippen LogP contribution in [0.4, 0.5) is 4.39 Å². The first-order valence-corrected chi connectivity index (χ1v) is 7.70. The predicted octanol–water partition coefficient (Wildman–Crippen LogP) is 1.91. The summed E-state index contributed by atoms with van der Waals surface area (Å²) in [4.78, 5) is 15.3. The Labute approximate surface area is 134 Å².